The van der Waals surface area contributed by atoms with Gasteiger partial charge >= 0.3 is 0 Å². The molecule has 8 heteroatoms. The Bertz CT molecular complexity index is 1150. The first-order valence-corrected chi connectivity index (χ1v) is 10.9. The molecule has 1 heterocycles. The van der Waals surface area contributed by atoms with Crippen molar-refractivity contribution in [2.45, 2.75) is 13.0 Å². The van der Waals surface area contributed by atoms with Gasteiger partial charge in [-0.1, -0.05) is 30.3 Å². The van der Waals surface area contributed by atoms with Gasteiger partial charge in [-0.2, -0.15) is 0 Å². The molecule has 7 nitrogen and oxygen atoms in total. The minimum Gasteiger partial charge on any atom is -0.484 e. The van der Waals surface area contributed by atoms with Crippen LogP contribution >= 0.6 is 0 Å². The number of anilines is 2. The molecule has 3 amide bonds. The highest BCUT2D eigenvalue weighted by Gasteiger charge is 2.35. The van der Waals surface area contributed by atoms with Crippen LogP contribution in [0.4, 0.5) is 15.8 Å². The van der Waals surface area contributed by atoms with Crippen LogP contribution in [0.15, 0.2) is 78.9 Å². The Morgan fingerprint density at radius 1 is 0.971 bits per heavy atom. The van der Waals surface area contributed by atoms with Gasteiger partial charge in [0.25, 0.3) is 5.91 Å². The Kier molecular flexibility index (Phi) is 7.17. The molecule has 1 atom stereocenters. The average Bonchev–Trinajstić information content (AvgIpc) is 3.25. The van der Waals surface area contributed by atoms with Crippen molar-refractivity contribution in [3.05, 3.63) is 90.2 Å². The van der Waals surface area contributed by atoms with E-state index in [1.54, 1.807) is 29.2 Å². The molecule has 34 heavy (non-hydrogen) atoms. The first kappa shape index (κ1) is 23.0. The molecule has 2 N–H and O–H groups in total. The van der Waals surface area contributed by atoms with Crippen LogP contribution < -0.4 is 20.3 Å². The standard InChI is InChI=1S/C26H24FN3O4/c27-20-6-8-21(9-7-20)29-24(31)17-34-23-12-10-22(11-13-23)30-16-19(14-25(30)32)26(33)28-15-18-4-2-1-3-5-18/h1-13,19H,14-17H2,(H,28,33)(H,29,31)/t19-/m0/s1. The molecule has 3 aromatic carbocycles. The van der Waals surface area contributed by atoms with Gasteiger partial charge in [-0.3, -0.25) is 14.4 Å². The van der Waals surface area contributed by atoms with Crippen LogP contribution in [0.5, 0.6) is 5.75 Å². The Morgan fingerprint density at radius 3 is 2.38 bits per heavy atom. The Balaban J connectivity index is 1.26. The molecule has 4 rings (SSSR count). The van der Waals surface area contributed by atoms with Gasteiger partial charge in [0, 0.05) is 30.9 Å². The van der Waals surface area contributed by atoms with Crippen LogP contribution in [0.3, 0.4) is 0 Å². The van der Waals surface area contributed by atoms with Crippen molar-refractivity contribution in [2.75, 3.05) is 23.4 Å². The number of hydrogen-bond donors (Lipinski definition) is 2. The average molecular weight is 461 g/mol. The second-order valence-electron chi connectivity index (χ2n) is 7.95. The third-order valence-electron chi connectivity index (χ3n) is 5.45. The number of benzene rings is 3. The van der Waals surface area contributed by atoms with E-state index in [1.165, 1.54) is 24.3 Å². The molecular formula is C26H24FN3O4. The van der Waals surface area contributed by atoms with Crippen molar-refractivity contribution >= 4 is 29.1 Å². The monoisotopic (exact) mass is 461 g/mol. The van der Waals surface area contributed by atoms with Crippen LogP contribution in [0.2, 0.25) is 0 Å². The largest absolute Gasteiger partial charge is 0.484 e. The molecule has 0 saturated carbocycles. The van der Waals surface area contributed by atoms with E-state index >= 15 is 0 Å². The van der Waals surface area contributed by atoms with Crippen LogP contribution in [0.25, 0.3) is 0 Å². The molecular weight excluding hydrogens is 437 g/mol. The highest BCUT2D eigenvalue weighted by atomic mass is 19.1. The topological polar surface area (TPSA) is 87.7 Å². The van der Waals surface area contributed by atoms with E-state index in [0.717, 1.165) is 5.56 Å². The van der Waals surface area contributed by atoms with E-state index in [2.05, 4.69) is 10.6 Å². The summed E-state index contributed by atoms with van der Waals surface area (Å²) < 4.78 is 18.4. The number of carbonyl (C=O) groups excluding carboxylic acids is 3. The maximum Gasteiger partial charge on any atom is 0.262 e. The quantitative estimate of drug-likeness (QED) is 0.538. The summed E-state index contributed by atoms with van der Waals surface area (Å²) >= 11 is 0. The molecule has 0 unspecified atom stereocenters. The Hall–Kier alpha value is -4.20. The maximum absolute atomic E-state index is 12.9. The number of nitrogens with one attached hydrogen (secondary N) is 2. The fraction of sp³-hybridized carbons (Fsp3) is 0.192. The number of halogens is 1. The van der Waals surface area contributed by atoms with Gasteiger partial charge in [0.05, 0.1) is 5.92 Å². The Labute approximate surface area is 196 Å². The molecule has 0 aromatic heterocycles. The summed E-state index contributed by atoms with van der Waals surface area (Å²) in [5.41, 5.74) is 2.13. The van der Waals surface area contributed by atoms with Crippen LogP contribution in [0, 0.1) is 11.7 Å². The van der Waals surface area contributed by atoms with Crippen molar-refractivity contribution in [3.8, 4) is 5.75 Å². The molecule has 1 saturated heterocycles. The summed E-state index contributed by atoms with van der Waals surface area (Å²) in [6.07, 6.45) is 0.155. The normalized spacial score (nSPS) is 15.1. The molecule has 3 aromatic rings. The summed E-state index contributed by atoms with van der Waals surface area (Å²) in [6.45, 7) is 0.508. The van der Waals surface area contributed by atoms with Gasteiger partial charge in [0.1, 0.15) is 11.6 Å². The van der Waals surface area contributed by atoms with Crippen LogP contribution in [-0.4, -0.2) is 30.9 Å². The zero-order valence-corrected chi connectivity index (χ0v) is 18.4. The van der Waals surface area contributed by atoms with E-state index < -0.39 is 5.92 Å². The highest BCUT2D eigenvalue weighted by molar-refractivity contribution is 6.00. The minimum atomic E-state index is -0.415. The van der Waals surface area contributed by atoms with E-state index in [4.69, 9.17) is 4.74 Å². The number of ether oxygens (including phenoxy) is 1. The predicted octanol–water partition coefficient (Wildman–Crippen LogP) is 3.51. The van der Waals surface area contributed by atoms with E-state index in [1.807, 2.05) is 30.3 Å². The molecule has 1 fully saturated rings. The van der Waals surface area contributed by atoms with Crippen molar-refractivity contribution in [3.63, 3.8) is 0 Å². The van der Waals surface area contributed by atoms with Gasteiger partial charge < -0.3 is 20.3 Å². The molecule has 1 aliphatic rings. The zero-order valence-electron chi connectivity index (χ0n) is 18.4. The minimum absolute atomic E-state index is 0.118. The lowest BCUT2D eigenvalue weighted by Crippen LogP contribution is -2.32. The third kappa shape index (κ3) is 5.98. The third-order valence-corrected chi connectivity index (χ3v) is 5.45. The predicted molar refractivity (Wildman–Crippen MR) is 126 cm³/mol. The number of amides is 3. The van der Waals surface area contributed by atoms with Gasteiger partial charge in [0.2, 0.25) is 11.8 Å². The van der Waals surface area contributed by atoms with Gasteiger partial charge in [-0.25, -0.2) is 4.39 Å². The van der Waals surface area contributed by atoms with Gasteiger partial charge in [-0.15, -0.1) is 0 Å². The van der Waals surface area contributed by atoms with E-state index in [9.17, 15) is 18.8 Å². The lowest BCUT2D eigenvalue weighted by atomic mass is 10.1. The molecule has 0 bridgehead atoms. The second-order valence-corrected chi connectivity index (χ2v) is 7.95. The SMILES string of the molecule is O=C(COc1ccc(N2C[C@@H](C(=O)NCc3ccccc3)CC2=O)cc1)Nc1ccc(F)cc1. The van der Waals surface area contributed by atoms with Crippen molar-refractivity contribution in [1.29, 1.82) is 0 Å². The van der Waals surface area contributed by atoms with Gasteiger partial charge in [0.15, 0.2) is 6.61 Å². The summed E-state index contributed by atoms with van der Waals surface area (Å²) in [4.78, 5) is 38.6. The van der Waals surface area contributed by atoms with Crippen LogP contribution in [0.1, 0.15) is 12.0 Å². The number of rotatable bonds is 8. The van der Waals surface area contributed by atoms with Gasteiger partial charge in [-0.05, 0) is 54.1 Å². The summed E-state index contributed by atoms with van der Waals surface area (Å²) in [7, 11) is 0. The first-order valence-electron chi connectivity index (χ1n) is 10.9. The zero-order chi connectivity index (χ0) is 23.9. The number of carbonyl (C=O) groups is 3. The summed E-state index contributed by atoms with van der Waals surface area (Å²) in [5.74, 6) is -0.983. The molecule has 174 valence electrons. The van der Waals surface area contributed by atoms with E-state index in [-0.39, 0.29) is 36.6 Å². The first-order chi connectivity index (χ1) is 16.5. The molecule has 1 aliphatic heterocycles. The number of hydrogen-bond acceptors (Lipinski definition) is 4. The molecule has 0 spiro atoms. The highest BCUT2D eigenvalue weighted by Crippen LogP contribution is 2.27. The lowest BCUT2D eigenvalue weighted by molar-refractivity contribution is -0.126. The van der Waals surface area contributed by atoms with Crippen molar-refractivity contribution < 1.29 is 23.5 Å². The number of nitrogens with zero attached hydrogens (tertiary/aromatic N) is 1. The smallest absolute Gasteiger partial charge is 0.262 e. The fourth-order valence-electron chi connectivity index (χ4n) is 3.66. The van der Waals surface area contributed by atoms with Crippen molar-refractivity contribution in [2.24, 2.45) is 5.92 Å². The fourth-order valence-corrected chi connectivity index (χ4v) is 3.66. The molecule has 0 radical (unpaired) electrons. The lowest BCUT2D eigenvalue weighted by Gasteiger charge is -2.17. The second kappa shape index (κ2) is 10.6. The molecule has 0 aliphatic carbocycles. The van der Waals surface area contributed by atoms with Crippen LogP contribution in [-0.2, 0) is 20.9 Å². The van der Waals surface area contributed by atoms with Crippen molar-refractivity contribution in [1.82, 2.24) is 5.32 Å². The summed E-state index contributed by atoms with van der Waals surface area (Å²) in [6, 6.07) is 21.8. The summed E-state index contributed by atoms with van der Waals surface area (Å²) in [5, 5.41) is 5.51. The van der Waals surface area contributed by atoms with E-state index in [0.29, 0.717) is 30.2 Å². The maximum atomic E-state index is 12.9. The Morgan fingerprint density at radius 2 is 1.68 bits per heavy atom.